The van der Waals surface area contributed by atoms with Gasteiger partial charge in [0.25, 0.3) is 0 Å². The topological polar surface area (TPSA) is 33.5 Å². The Morgan fingerprint density at radius 3 is 1.43 bits per heavy atom. The largest absolute Gasteiger partial charge is 0.457 e. The summed E-state index contributed by atoms with van der Waals surface area (Å²) < 4.78 is 9.58. The predicted octanol–water partition coefficient (Wildman–Crippen LogP) is 18.6. The van der Waals surface area contributed by atoms with Crippen LogP contribution in [0.25, 0.3) is 27.6 Å². The molecule has 0 amide bonds. The molecule has 3 heterocycles. The van der Waals surface area contributed by atoms with Crippen LogP contribution in [0.3, 0.4) is 0 Å². The van der Waals surface area contributed by atoms with Gasteiger partial charge >= 0.3 is 0 Å². The van der Waals surface area contributed by atoms with Gasteiger partial charge in [-0.2, -0.15) is 0 Å². The van der Waals surface area contributed by atoms with Crippen LogP contribution in [0.1, 0.15) is 143 Å². The SMILES string of the molecule is CC(C)(C)c1cc(N2CN(c3cccc(Oc4cc(C(C)(C)C)c5c6ccccc6n(-c6cc(C(C)(C)c7ccccc7)ccn6)c5c4)c3)C(C(C)(C)c3ccccc3)=C2C(C)(C)c2ccccc2)cc(C(C)(C)C)c1. The van der Waals surface area contributed by atoms with E-state index < -0.39 is 10.8 Å². The van der Waals surface area contributed by atoms with Crippen LogP contribution in [0.4, 0.5) is 11.4 Å². The van der Waals surface area contributed by atoms with Crippen LogP contribution in [0, 0.1) is 0 Å². The van der Waals surface area contributed by atoms with E-state index in [9.17, 15) is 0 Å². The molecule has 0 atom stereocenters. The third-order valence-electron chi connectivity index (χ3n) is 16.3. The molecule has 9 aromatic rings. The Kier molecular flexibility index (Phi) is 13.0. The van der Waals surface area contributed by atoms with Gasteiger partial charge in [0.2, 0.25) is 0 Å². The van der Waals surface area contributed by atoms with E-state index in [0.717, 1.165) is 34.0 Å². The number of anilines is 2. The number of para-hydroxylation sites is 1. The first-order valence-electron chi connectivity index (χ1n) is 27.3. The Morgan fingerprint density at radius 1 is 0.382 bits per heavy atom. The molecule has 0 saturated heterocycles. The number of rotatable bonds is 11. The Labute approximate surface area is 453 Å². The summed E-state index contributed by atoms with van der Waals surface area (Å²) in [5, 5.41) is 2.41. The van der Waals surface area contributed by atoms with Crippen LogP contribution in [0.5, 0.6) is 11.5 Å². The molecule has 5 heteroatoms. The van der Waals surface area contributed by atoms with Crippen molar-refractivity contribution in [3.63, 3.8) is 0 Å². The van der Waals surface area contributed by atoms with Crippen LogP contribution < -0.4 is 14.5 Å². The van der Waals surface area contributed by atoms with Crippen LogP contribution in [0.2, 0.25) is 0 Å². The number of fused-ring (bicyclic) bond motifs is 3. The summed E-state index contributed by atoms with van der Waals surface area (Å²) in [6.07, 6.45) is 1.96. The maximum absolute atomic E-state index is 7.24. The molecule has 0 fully saturated rings. The summed E-state index contributed by atoms with van der Waals surface area (Å²) in [6.45, 7) is 35.7. The van der Waals surface area contributed by atoms with Crippen LogP contribution in [-0.4, -0.2) is 16.2 Å². The minimum absolute atomic E-state index is 0.0594. The average molecular weight is 1000 g/mol. The van der Waals surface area contributed by atoms with E-state index in [-0.39, 0.29) is 21.7 Å². The molecule has 5 nitrogen and oxygen atoms in total. The van der Waals surface area contributed by atoms with Gasteiger partial charge in [0.05, 0.1) is 29.1 Å². The lowest BCUT2D eigenvalue weighted by Crippen LogP contribution is -2.35. The molecular weight excluding hydrogens is 925 g/mol. The van der Waals surface area contributed by atoms with E-state index in [0.29, 0.717) is 6.67 Å². The zero-order valence-corrected chi connectivity index (χ0v) is 47.8. The Balaban J connectivity index is 1.16. The Bertz CT molecular complexity index is 3580. The van der Waals surface area contributed by atoms with E-state index in [2.05, 4.69) is 300 Å². The molecule has 0 spiro atoms. The number of pyridine rings is 1. The number of ether oxygens (including phenoxy) is 1. The van der Waals surface area contributed by atoms with Gasteiger partial charge in [-0.05, 0) is 104 Å². The number of hydrogen-bond acceptors (Lipinski definition) is 4. The summed E-state index contributed by atoms with van der Waals surface area (Å²) >= 11 is 0. The second-order valence-electron chi connectivity index (χ2n) is 25.9. The molecule has 0 N–H and O–H groups in total. The van der Waals surface area contributed by atoms with Gasteiger partial charge < -0.3 is 14.5 Å². The first-order chi connectivity index (χ1) is 35.8. The average Bonchev–Trinajstić information content (AvgIpc) is 4.04. The molecule has 1 aliphatic heterocycles. The van der Waals surface area contributed by atoms with E-state index in [1.807, 2.05) is 6.20 Å². The van der Waals surface area contributed by atoms with Crippen molar-refractivity contribution >= 4 is 33.2 Å². The smallest absolute Gasteiger partial charge is 0.137 e. The number of hydrogen-bond donors (Lipinski definition) is 0. The van der Waals surface area contributed by atoms with Gasteiger partial charge in [0.1, 0.15) is 17.3 Å². The third-order valence-corrected chi connectivity index (χ3v) is 16.3. The molecule has 1 aliphatic rings. The highest BCUT2D eigenvalue weighted by atomic mass is 16.5. The van der Waals surface area contributed by atoms with Gasteiger partial charge in [-0.3, -0.25) is 4.57 Å². The van der Waals surface area contributed by atoms with Crippen LogP contribution in [-0.2, 0) is 32.5 Å². The van der Waals surface area contributed by atoms with Gasteiger partial charge in [0.15, 0.2) is 0 Å². The number of allylic oxidation sites excluding steroid dienone is 2. The quantitative estimate of drug-likeness (QED) is 0.129. The van der Waals surface area contributed by atoms with E-state index in [4.69, 9.17) is 9.72 Å². The van der Waals surface area contributed by atoms with Crippen molar-refractivity contribution in [3.05, 3.63) is 239 Å². The normalized spacial score (nSPS) is 14.1. The number of aromatic nitrogens is 2. The molecule has 388 valence electrons. The van der Waals surface area contributed by atoms with Crippen molar-refractivity contribution in [1.29, 1.82) is 0 Å². The fraction of sp³-hybridized carbons (Fsp3) is 0.310. The fourth-order valence-corrected chi connectivity index (χ4v) is 11.6. The monoisotopic (exact) mass is 1000 g/mol. The summed E-state index contributed by atoms with van der Waals surface area (Å²) in [7, 11) is 0. The molecule has 0 saturated carbocycles. The molecule has 0 unspecified atom stereocenters. The van der Waals surface area contributed by atoms with Crippen molar-refractivity contribution in [2.75, 3.05) is 16.5 Å². The lowest BCUT2D eigenvalue weighted by molar-refractivity contribution is 0.479. The van der Waals surface area contributed by atoms with Gasteiger partial charge in [-0.15, -0.1) is 0 Å². The highest BCUT2D eigenvalue weighted by molar-refractivity contribution is 6.11. The molecule has 0 radical (unpaired) electrons. The summed E-state index contributed by atoms with van der Waals surface area (Å²) in [4.78, 5) is 10.3. The highest BCUT2D eigenvalue weighted by Gasteiger charge is 2.46. The first-order valence-corrected chi connectivity index (χ1v) is 27.3. The second-order valence-corrected chi connectivity index (χ2v) is 25.9. The van der Waals surface area contributed by atoms with Gasteiger partial charge in [0, 0.05) is 56.7 Å². The van der Waals surface area contributed by atoms with Crippen molar-refractivity contribution in [3.8, 4) is 17.3 Å². The predicted molar refractivity (Wildman–Crippen MR) is 322 cm³/mol. The summed E-state index contributed by atoms with van der Waals surface area (Å²) in [5.41, 5.74) is 14.4. The minimum Gasteiger partial charge on any atom is -0.457 e. The van der Waals surface area contributed by atoms with Crippen LogP contribution in [0.15, 0.2) is 200 Å². The molecule has 76 heavy (non-hydrogen) atoms. The van der Waals surface area contributed by atoms with Crippen molar-refractivity contribution < 1.29 is 4.74 Å². The lowest BCUT2D eigenvalue weighted by atomic mass is 9.73. The first kappa shape index (κ1) is 52.1. The van der Waals surface area contributed by atoms with Gasteiger partial charge in [-0.25, -0.2) is 4.98 Å². The molecule has 2 aromatic heterocycles. The maximum atomic E-state index is 7.24. The third kappa shape index (κ3) is 9.52. The Hall–Kier alpha value is -7.37. The number of nitrogens with zero attached hydrogens (tertiary/aromatic N) is 4. The molecule has 0 bridgehead atoms. The standard InChI is InChI=1S/C71H78N4O/c1-66(2,3)52-40-53(67(4,5)6)42-55(41-52)74-47-73(64(70(12,13)49-30-21-17-22-31-49)65(74)71(14,15)50-32-23-18-24-33-50)54-34-27-35-56(44-54)76-57-45-59(68(7,8)9)63-58-36-25-26-37-60(58)75(61(63)46-57)62-43-51(38-39-72-62)69(10,11)48-28-19-16-20-29-48/h16-46H,47H2,1-15H3. The van der Waals surface area contributed by atoms with Crippen LogP contribution >= 0.6 is 0 Å². The lowest BCUT2D eigenvalue weighted by Gasteiger charge is -2.38. The van der Waals surface area contributed by atoms with Crippen molar-refractivity contribution in [1.82, 2.24) is 9.55 Å². The molecule has 0 aliphatic carbocycles. The van der Waals surface area contributed by atoms with Gasteiger partial charge in [-0.1, -0.05) is 225 Å². The summed E-state index contributed by atoms with van der Waals surface area (Å²) in [5.74, 6) is 2.43. The van der Waals surface area contributed by atoms with E-state index in [1.165, 1.54) is 66.8 Å². The van der Waals surface area contributed by atoms with E-state index >= 15 is 0 Å². The summed E-state index contributed by atoms with van der Waals surface area (Å²) in [6, 6.07) is 66.7. The maximum Gasteiger partial charge on any atom is 0.137 e. The van der Waals surface area contributed by atoms with E-state index in [1.54, 1.807) is 0 Å². The molecule has 7 aromatic carbocycles. The molecule has 10 rings (SSSR count). The minimum atomic E-state index is -0.426. The second kappa shape index (κ2) is 19.0. The Morgan fingerprint density at radius 2 is 0.895 bits per heavy atom. The zero-order chi connectivity index (χ0) is 54.2. The van der Waals surface area contributed by atoms with Crippen molar-refractivity contribution in [2.24, 2.45) is 0 Å². The molecular formula is C71H78N4O. The van der Waals surface area contributed by atoms with Crippen molar-refractivity contribution in [2.45, 2.75) is 136 Å². The fourth-order valence-electron chi connectivity index (χ4n) is 11.6. The number of benzene rings is 7. The highest BCUT2D eigenvalue weighted by Crippen LogP contribution is 2.52. The zero-order valence-electron chi connectivity index (χ0n) is 47.8.